The molecule has 0 unspecified atom stereocenters. The monoisotopic (exact) mass is 320 g/mol. The fourth-order valence-electron chi connectivity index (χ4n) is 2.07. The lowest BCUT2D eigenvalue weighted by Gasteiger charge is -2.05. The summed E-state index contributed by atoms with van der Waals surface area (Å²) in [6.45, 7) is 10.5. The van der Waals surface area contributed by atoms with E-state index in [2.05, 4.69) is 45.9 Å². The number of carbonyl (C=O) groups is 2. The minimum Gasteiger partial charge on any atom is -0.466 e. The van der Waals surface area contributed by atoms with Gasteiger partial charge in [0.15, 0.2) is 0 Å². The van der Waals surface area contributed by atoms with Crippen molar-refractivity contribution in [3.05, 3.63) is 34.9 Å². The van der Waals surface area contributed by atoms with Crippen molar-refractivity contribution in [2.24, 2.45) is 0 Å². The van der Waals surface area contributed by atoms with Gasteiger partial charge in [-0.15, -0.1) is 0 Å². The number of hydrogen-bond donors (Lipinski definition) is 0. The summed E-state index contributed by atoms with van der Waals surface area (Å²) in [6.07, 6.45) is 10.6. The fraction of sp³-hybridized carbons (Fsp3) is 0.600. The first-order valence-corrected chi connectivity index (χ1v) is 8.47. The number of carbonyl (C=O) groups excluding carboxylic acids is 2. The zero-order valence-electron chi connectivity index (χ0n) is 15.4. The molecule has 0 aromatic rings. The standard InChI is InChI=1S/C20H32O3/c1-6-23-20(22)15-19(21)12-8-11-18(14-13-17(4)5)10-7-9-16(2)3/h9,11,13H,6-8,10,12,14-15H2,1-5H3/b18-11+. The second kappa shape index (κ2) is 12.9. The van der Waals surface area contributed by atoms with Crippen LogP contribution in [0.2, 0.25) is 0 Å². The van der Waals surface area contributed by atoms with Gasteiger partial charge in [0.2, 0.25) is 0 Å². The molecule has 0 aliphatic carbocycles. The van der Waals surface area contributed by atoms with E-state index >= 15 is 0 Å². The molecule has 0 rings (SSSR count). The third-order valence-corrected chi connectivity index (χ3v) is 3.29. The zero-order valence-corrected chi connectivity index (χ0v) is 15.4. The molecule has 0 aromatic heterocycles. The molecule has 0 amide bonds. The number of ketones is 1. The molecule has 0 N–H and O–H groups in total. The predicted molar refractivity (Wildman–Crippen MR) is 96.3 cm³/mol. The van der Waals surface area contributed by atoms with Gasteiger partial charge in [-0.2, -0.15) is 0 Å². The van der Waals surface area contributed by atoms with E-state index in [1.807, 2.05) is 0 Å². The summed E-state index contributed by atoms with van der Waals surface area (Å²) in [6, 6.07) is 0. The number of rotatable bonds is 11. The van der Waals surface area contributed by atoms with Crippen LogP contribution in [0.4, 0.5) is 0 Å². The molecule has 0 aromatic carbocycles. The molecule has 3 heteroatoms. The Morgan fingerprint density at radius 3 is 2.04 bits per heavy atom. The van der Waals surface area contributed by atoms with Crippen molar-refractivity contribution >= 4 is 11.8 Å². The molecular weight excluding hydrogens is 288 g/mol. The highest BCUT2D eigenvalue weighted by Gasteiger charge is 2.09. The third kappa shape index (κ3) is 13.7. The van der Waals surface area contributed by atoms with E-state index in [1.54, 1.807) is 6.92 Å². The maximum atomic E-state index is 11.7. The van der Waals surface area contributed by atoms with Crippen molar-refractivity contribution in [2.75, 3.05) is 6.61 Å². The summed E-state index contributed by atoms with van der Waals surface area (Å²) in [4.78, 5) is 23.0. The summed E-state index contributed by atoms with van der Waals surface area (Å²) in [5, 5.41) is 0. The first kappa shape index (κ1) is 21.4. The number of hydrogen-bond acceptors (Lipinski definition) is 3. The van der Waals surface area contributed by atoms with E-state index in [0.29, 0.717) is 19.4 Å². The molecule has 0 saturated heterocycles. The van der Waals surface area contributed by atoms with E-state index in [4.69, 9.17) is 4.74 Å². The van der Waals surface area contributed by atoms with Crippen LogP contribution in [-0.4, -0.2) is 18.4 Å². The lowest BCUT2D eigenvalue weighted by atomic mass is 10.0. The van der Waals surface area contributed by atoms with Gasteiger partial charge in [-0.3, -0.25) is 9.59 Å². The Kier molecular flexibility index (Phi) is 11.9. The number of allylic oxidation sites excluding steroid dienone is 6. The van der Waals surface area contributed by atoms with Crippen LogP contribution < -0.4 is 0 Å². The van der Waals surface area contributed by atoms with E-state index in [0.717, 1.165) is 19.3 Å². The van der Waals surface area contributed by atoms with Crippen molar-refractivity contribution in [2.45, 2.75) is 73.1 Å². The van der Waals surface area contributed by atoms with Gasteiger partial charge in [0.1, 0.15) is 12.2 Å². The van der Waals surface area contributed by atoms with Gasteiger partial charge in [-0.05, 0) is 60.3 Å². The van der Waals surface area contributed by atoms with Gasteiger partial charge in [-0.1, -0.05) is 34.9 Å². The molecule has 0 bridgehead atoms. The fourth-order valence-corrected chi connectivity index (χ4v) is 2.07. The summed E-state index contributed by atoms with van der Waals surface area (Å²) in [5.41, 5.74) is 3.99. The Bertz CT molecular complexity index is 459. The van der Waals surface area contributed by atoms with Crippen molar-refractivity contribution in [1.29, 1.82) is 0 Å². The van der Waals surface area contributed by atoms with Gasteiger partial charge in [0.05, 0.1) is 6.61 Å². The third-order valence-electron chi connectivity index (χ3n) is 3.29. The van der Waals surface area contributed by atoms with Crippen molar-refractivity contribution in [3.8, 4) is 0 Å². The maximum Gasteiger partial charge on any atom is 0.313 e. The van der Waals surface area contributed by atoms with Gasteiger partial charge in [0, 0.05) is 6.42 Å². The Hall–Kier alpha value is -1.64. The highest BCUT2D eigenvalue weighted by atomic mass is 16.5. The first-order valence-electron chi connectivity index (χ1n) is 8.47. The maximum absolute atomic E-state index is 11.7. The Balaban J connectivity index is 4.44. The molecule has 3 nitrogen and oxygen atoms in total. The molecule has 0 heterocycles. The molecule has 23 heavy (non-hydrogen) atoms. The number of ether oxygens (including phenoxy) is 1. The number of Topliss-reactive ketones (excluding diaryl/α,β-unsaturated/α-hetero) is 1. The van der Waals surface area contributed by atoms with Crippen molar-refractivity contribution < 1.29 is 14.3 Å². The largest absolute Gasteiger partial charge is 0.466 e. The van der Waals surface area contributed by atoms with Crippen molar-refractivity contribution in [3.63, 3.8) is 0 Å². The average molecular weight is 320 g/mol. The molecule has 130 valence electrons. The molecule has 0 aliphatic heterocycles. The Morgan fingerprint density at radius 2 is 1.48 bits per heavy atom. The van der Waals surface area contributed by atoms with Crippen molar-refractivity contribution in [1.82, 2.24) is 0 Å². The Morgan fingerprint density at radius 1 is 0.870 bits per heavy atom. The van der Waals surface area contributed by atoms with E-state index < -0.39 is 5.97 Å². The normalized spacial score (nSPS) is 10.9. The van der Waals surface area contributed by atoms with Crippen LogP contribution in [0.3, 0.4) is 0 Å². The highest BCUT2D eigenvalue weighted by Crippen LogP contribution is 2.15. The van der Waals surface area contributed by atoms with Crippen LogP contribution in [0.5, 0.6) is 0 Å². The molecule has 0 spiro atoms. The van der Waals surface area contributed by atoms with E-state index in [1.165, 1.54) is 16.7 Å². The minimum atomic E-state index is -0.421. The van der Waals surface area contributed by atoms with Gasteiger partial charge >= 0.3 is 5.97 Å². The predicted octanol–water partition coefficient (Wildman–Crippen LogP) is 5.32. The molecule has 0 atom stereocenters. The molecule has 0 aliphatic rings. The average Bonchev–Trinajstić information content (AvgIpc) is 2.43. The van der Waals surface area contributed by atoms with Gasteiger partial charge in [-0.25, -0.2) is 0 Å². The first-order chi connectivity index (χ1) is 10.8. The quantitative estimate of drug-likeness (QED) is 0.294. The second-order valence-corrected chi connectivity index (χ2v) is 6.23. The van der Waals surface area contributed by atoms with Crippen LogP contribution in [0.25, 0.3) is 0 Å². The van der Waals surface area contributed by atoms with Crippen LogP contribution in [0.15, 0.2) is 34.9 Å². The summed E-state index contributed by atoms with van der Waals surface area (Å²) in [5.74, 6) is -0.472. The van der Waals surface area contributed by atoms with E-state index in [-0.39, 0.29) is 12.2 Å². The zero-order chi connectivity index (χ0) is 17.7. The lowest BCUT2D eigenvalue weighted by molar-refractivity contribution is -0.145. The SMILES string of the molecule is CCOC(=O)CC(=O)CC/C=C(/CC=C(C)C)CCC=C(C)C. The summed E-state index contributed by atoms with van der Waals surface area (Å²) >= 11 is 0. The molecule has 0 fully saturated rings. The second-order valence-electron chi connectivity index (χ2n) is 6.23. The smallest absolute Gasteiger partial charge is 0.313 e. The van der Waals surface area contributed by atoms with Crippen LogP contribution >= 0.6 is 0 Å². The summed E-state index contributed by atoms with van der Waals surface area (Å²) in [7, 11) is 0. The van der Waals surface area contributed by atoms with E-state index in [9.17, 15) is 9.59 Å². The summed E-state index contributed by atoms with van der Waals surface area (Å²) < 4.78 is 4.79. The van der Waals surface area contributed by atoms with Crippen LogP contribution in [-0.2, 0) is 14.3 Å². The molecule has 0 saturated carbocycles. The van der Waals surface area contributed by atoms with Gasteiger partial charge in [0.25, 0.3) is 0 Å². The van der Waals surface area contributed by atoms with Gasteiger partial charge < -0.3 is 4.74 Å². The topological polar surface area (TPSA) is 43.4 Å². The number of esters is 1. The highest BCUT2D eigenvalue weighted by molar-refractivity contribution is 5.95. The minimum absolute atomic E-state index is 0.0504. The van der Waals surface area contributed by atoms with Crippen LogP contribution in [0, 0.1) is 0 Å². The lowest BCUT2D eigenvalue weighted by Crippen LogP contribution is -2.10. The van der Waals surface area contributed by atoms with Crippen LogP contribution in [0.1, 0.15) is 73.1 Å². The Labute approximate surface area is 141 Å². The molecular formula is C20H32O3. The molecule has 0 radical (unpaired) electrons.